The van der Waals surface area contributed by atoms with Crippen molar-refractivity contribution in [2.75, 3.05) is 33.9 Å². The molecule has 2 N–H and O–H groups in total. The molecule has 0 aromatic carbocycles. The predicted molar refractivity (Wildman–Crippen MR) is 95.8 cm³/mol. The molecule has 0 spiro atoms. The van der Waals surface area contributed by atoms with Crippen LogP contribution in [0.25, 0.3) is 0 Å². The molecule has 2 saturated carbocycles. The number of likely N-dealkylation sites (N-methyl/N-ethyl adjacent to an activating group) is 1. The Bertz CT molecular complexity index is 477. The fraction of sp³-hybridized carbons (Fsp3) is 0.882. The van der Waals surface area contributed by atoms with E-state index >= 15 is 0 Å². The van der Waals surface area contributed by atoms with Gasteiger partial charge in [-0.1, -0.05) is 0 Å². The van der Waals surface area contributed by atoms with Crippen LogP contribution < -0.4 is 10.5 Å². The Morgan fingerprint density at radius 3 is 2.64 bits per heavy atom. The maximum Gasteiger partial charge on any atom is 0.395 e. The van der Waals surface area contributed by atoms with E-state index in [1.54, 1.807) is 14.7 Å². The minimum atomic E-state index is -0.113. The molecule has 139 valence electrons. The number of nitrogens with one attached hydrogen (secondary N) is 2. The molecule has 1 radical (unpaired) electrons. The number of carbonyl (C=O) groups is 2. The fourth-order valence-electron chi connectivity index (χ4n) is 4.20. The van der Waals surface area contributed by atoms with Crippen molar-refractivity contribution in [2.45, 2.75) is 56.7 Å². The number of hydrogen-bond donors (Lipinski definition) is 2. The summed E-state index contributed by atoms with van der Waals surface area (Å²) in [6.07, 6.45) is 5.36. The molecule has 0 aromatic rings. The van der Waals surface area contributed by atoms with Crippen LogP contribution in [0.4, 0.5) is 0 Å². The van der Waals surface area contributed by atoms with Crippen LogP contribution in [0.5, 0.6) is 0 Å². The van der Waals surface area contributed by atoms with Crippen LogP contribution in [0.3, 0.4) is 0 Å². The number of rotatable bonds is 7. The molecule has 1 saturated heterocycles. The second kappa shape index (κ2) is 8.62. The Hall–Kier alpha value is -0.955. The Balaban J connectivity index is 1.58. The smallest absolute Gasteiger partial charge is 0.395 e. The Morgan fingerprint density at radius 1 is 1.36 bits per heavy atom. The number of Topliss-reactive ketones (excluding diaryl/α,β-unsaturated/α-hetero) is 1. The zero-order valence-electron chi connectivity index (χ0n) is 15.4. The van der Waals surface area contributed by atoms with Crippen molar-refractivity contribution in [2.24, 2.45) is 5.92 Å². The average Bonchev–Trinajstić information content (AvgIpc) is 3.02. The molecule has 1 unspecified atom stereocenters. The van der Waals surface area contributed by atoms with E-state index in [4.69, 9.17) is 4.65 Å². The zero-order chi connectivity index (χ0) is 17.8. The molecule has 8 heteroatoms. The molecular weight excluding hydrogens is 319 g/mol. The first kappa shape index (κ1) is 18.8. The molecule has 1 aliphatic heterocycles. The van der Waals surface area contributed by atoms with E-state index in [2.05, 4.69) is 20.3 Å². The first-order valence-corrected chi connectivity index (χ1v) is 9.41. The molecule has 0 aromatic heterocycles. The molecule has 2 aliphatic carbocycles. The summed E-state index contributed by atoms with van der Waals surface area (Å²) in [6.45, 7) is 2.26. The first-order chi connectivity index (χ1) is 12.1. The monoisotopic (exact) mass is 349 g/mol. The summed E-state index contributed by atoms with van der Waals surface area (Å²) in [6, 6.07) is 0.601. The maximum absolute atomic E-state index is 13.1. The third kappa shape index (κ3) is 4.81. The van der Waals surface area contributed by atoms with Gasteiger partial charge in [0.2, 0.25) is 5.91 Å². The van der Waals surface area contributed by atoms with Crippen LogP contribution in [0.15, 0.2) is 0 Å². The van der Waals surface area contributed by atoms with Crippen LogP contribution in [-0.4, -0.2) is 81.1 Å². The molecule has 0 bridgehead atoms. The van der Waals surface area contributed by atoms with Crippen molar-refractivity contribution in [1.82, 2.24) is 20.3 Å². The lowest BCUT2D eigenvalue weighted by molar-refractivity contribution is -0.140. The van der Waals surface area contributed by atoms with Gasteiger partial charge in [-0.3, -0.25) is 19.8 Å². The van der Waals surface area contributed by atoms with Gasteiger partial charge in [-0.15, -0.1) is 0 Å². The summed E-state index contributed by atoms with van der Waals surface area (Å²) < 4.78 is 4.97. The summed E-state index contributed by atoms with van der Waals surface area (Å²) in [5, 5.41) is 6.59. The van der Waals surface area contributed by atoms with Gasteiger partial charge in [-0.25, -0.2) is 0 Å². The second-order valence-electron chi connectivity index (χ2n) is 7.78. The second-order valence-corrected chi connectivity index (χ2v) is 7.78. The standard InChI is InChI=1S/C17H30BN4O3/c1-21-10-16(19-11-21)17(24)22(9-12-7-15(23)8-12)14-5-3-13(4-6-14)20-18-25-2/h12-14,16,19-20H,3-11H2,1-2H3. The Morgan fingerprint density at radius 2 is 2.08 bits per heavy atom. The van der Waals surface area contributed by atoms with Crippen molar-refractivity contribution in [3.8, 4) is 0 Å². The first-order valence-electron chi connectivity index (χ1n) is 9.41. The van der Waals surface area contributed by atoms with Crippen molar-refractivity contribution in [3.05, 3.63) is 0 Å². The van der Waals surface area contributed by atoms with Crippen LogP contribution in [-0.2, 0) is 14.2 Å². The van der Waals surface area contributed by atoms with E-state index in [1.807, 2.05) is 7.05 Å². The lowest BCUT2D eigenvalue weighted by Gasteiger charge is -2.41. The lowest BCUT2D eigenvalue weighted by Crippen LogP contribution is -2.54. The van der Waals surface area contributed by atoms with Gasteiger partial charge in [0.15, 0.2) is 0 Å². The van der Waals surface area contributed by atoms with E-state index in [9.17, 15) is 9.59 Å². The predicted octanol–water partition coefficient (Wildman–Crippen LogP) is -0.263. The normalized spacial score (nSPS) is 31.0. The highest BCUT2D eigenvalue weighted by Crippen LogP contribution is 2.29. The summed E-state index contributed by atoms with van der Waals surface area (Å²) in [5.74, 6) is 0.899. The van der Waals surface area contributed by atoms with E-state index in [0.717, 1.165) is 45.4 Å². The number of nitrogens with zero attached hydrogens (tertiary/aromatic N) is 2. The van der Waals surface area contributed by atoms with E-state index < -0.39 is 0 Å². The molecule has 3 aliphatic rings. The Kier molecular flexibility index (Phi) is 6.49. The van der Waals surface area contributed by atoms with Crippen molar-refractivity contribution >= 4 is 19.3 Å². The minimum absolute atomic E-state index is 0.113. The molecule has 1 amide bonds. The third-order valence-corrected chi connectivity index (χ3v) is 5.73. The zero-order valence-corrected chi connectivity index (χ0v) is 15.4. The topological polar surface area (TPSA) is 73.9 Å². The quantitative estimate of drug-likeness (QED) is 0.617. The van der Waals surface area contributed by atoms with Crippen LogP contribution in [0.1, 0.15) is 38.5 Å². The minimum Gasteiger partial charge on any atom is -0.427 e. The summed E-state index contributed by atoms with van der Waals surface area (Å²) in [7, 11) is 5.31. The summed E-state index contributed by atoms with van der Waals surface area (Å²) >= 11 is 0. The van der Waals surface area contributed by atoms with Gasteiger partial charge in [0.05, 0.1) is 0 Å². The van der Waals surface area contributed by atoms with Crippen LogP contribution >= 0.6 is 0 Å². The number of hydrogen-bond acceptors (Lipinski definition) is 6. The number of ketones is 1. The van der Waals surface area contributed by atoms with Gasteiger partial charge in [0, 0.05) is 45.8 Å². The van der Waals surface area contributed by atoms with Gasteiger partial charge < -0.3 is 14.8 Å². The highest BCUT2D eigenvalue weighted by atomic mass is 16.4. The molecular formula is C17H30BN4O3. The van der Waals surface area contributed by atoms with Crippen LogP contribution in [0, 0.1) is 5.92 Å². The summed E-state index contributed by atoms with van der Waals surface area (Å²) in [5.41, 5.74) is 0. The van der Waals surface area contributed by atoms with E-state index in [0.29, 0.717) is 30.6 Å². The SMILES string of the molecule is CO[B]NC1CCC(N(CC2CC(=O)C2)C(=O)C2CN(C)CN2)CC1. The average molecular weight is 349 g/mol. The van der Waals surface area contributed by atoms with E-state index in [-0.39, 0.29) is 18.0 Å². The molecule has 1 heterocycles. The molecule has 7 nitrogen and oxygen atoms in total. The molecule has 3 rings (SSSR count). The fourth-order valence-corrected chi connectivity index (χ4v) is 4.20. The van der Waals surface area contributed by atoms with Gasteiger partial charge in [0.1, 0.15) is 11.8 Å². The van der Waals surface area contributed by atoms with Crippen molar-refractivity contribution < 1.29 is 14.2 Å². The summed E-state index contributed by atoms with van der Waals surface area (Å²) in [4.78, 5) is 28.7. The van der Waals surface area contributed by atoms with Crippen molar-refractivity contribution in [1.29, 1.82) is 0 Å². The van der Waals surface area contributed by atoms with Crippen molar-refractivity contribution in [3.63, 3.8) is 0 Å². The Labute approximate surface area is 151 Å². The lowest BCUT2D eigenvalue weighted by atomic mass is 9.82. The number of carbonyl (C=O) groups excluding carboxylic acids is 2. The van der Waals surface area contributed by atoms with Gasteiger partial charge in [0.25, 0.3) is 0 Å². The molecule has 3 fully saturated rings. The number of amides is 1. The van der Waals surface area contributed by atoms with Gasteiger partial charge >= 0.3 is 7.62 Å². The van der Waals surface area contributed by atoms with Gasteiger partial charge in [-0.2, -0.15) is 0 Å². The van der Waals surface area contributed by atoms with E-state index in [1.165, 1.54) is 0 Å². The highest BCUT2D eigenvalue weighted by Gasteiger charge is 2.38. The van der Waals surface area contributed by atoms with Gasteiger partial charge in [-0.05, 0) is 44.7 Å². The largest absolute Gasteiger partial charge is 0.427 e. The highest BCUT2D eigenvalue weighted by molar-refractivity contribution is 6.23. The maximum atomic E-state index is 13.1. The van der Waals surface area contributed by atoms with Crippen LogP contribution in [0.2, 0.25) is 0 Å². The molecule has 1 atom stereocenters. The third-order valence-electron chi connectivity index (χ3n) is 5.73. The molecule has 25 heavy (non-hydrogen) atoms.